The van der Waals surface area contributed by atoms with Crippen LogP contribution in [0.4, 0.5) is 5.69 Å². The quantitative estimate of drug-likeness (QED) is 0.794. The van der Waals surface area contributed by atoms with Crippen LogP contribution >= 0.6 is 15.9 Å². The average molecular weight is 304 g/mol. The Morgan fingerprint density at radius 3 is 2.28 bits per heavy atom. The fourth-order valence-corrected chi connectivity index (χ4v) is 2.62. The largest absolute Gasteiger partial charge is 0.370 e. The molecule has 1 nitrogen and oxygen atoms in total. The summed E-state index contributed by atoms with van der Waals surface area (Å²) in [5.74, 6) is 0. The maximum absolute atomic E-state index is 3.51. The zero-order valence-corrected chi connectivity index (χ0v) is 12.7. The number of benzene rings is 2. The number of nitrogens with zero attached hydrogens (tertiary/aromatic N) is 1. The van der Waals surface area contributed by atoms with Gasteiger partial charge in [0.1, 0.15) is 0 Å². The Labute approximate surface area is 118 Å². The molecule has 0 saturated heterocycles. The monoisotopic (exact) mass is 303 g/mol. The van der Waals surface area contributed by atoms with Crippen molar-refractivity contribution >= 4 is 21.6 Å². The molecule has 2 rings (SSSR count). The van der Waals surface area contributed by atoms with Gasteiger partial charge in [-0.1, -0.05) is 34.1 Å². The van der Waals surface area contributed by atoms with Crippen molar-refractivity contribution in [3.05, 3.63) is 63.6 Å². The highest BCUT2D eigenvalue weighted by molar-refractivity contribution is 9.10. The van der Waals surface area contributed by atoms with Crippen molar-refractivity contribution < 1.29 is 0 Å². The zero-order chi connectivity index (χ0) is 13.1. The first-order valence-electron chi connectivity index (χ1n) is 6.08. The van der Waals surface area contributed by atoms with Crippen LogP contribution in [-0.4, -0.2) is 7.05 Å². The summed E-state index contributed by atoms with van der Waals surface area (Å²) in [5, 5.41) is 0. The molecule has 0 bridgehead atoms. The standard InChI is InChI=1S/C16H18BrN/c1-12-7-13(2)9-16(8-12)18(3)11-14-5-4-6-15(17)10-14/h4-10H,11H2,1-3H3. The molecule has 0 saturated carbocycles. The first-order chi connectivity index (χ1) is 8.54. The molecule has 0 fully saturated rings. The average Bonchev–Trinajstić information content (AvgIpc) is 2.27. The van der Waals surface area contributed by atoms with E-state index in [1.165, 1.54) is 22.4 Å². The lowest BCUT2D eigenvalue weighted by Crippen LogP contribution is -2.16. The third kappa shape index (κ3) is 3.36. The number of rotatable bonds is 3. The van der Waals surface area contributed by atoms with Gasteiger partial charge >= 0.3 is 0 Å². The summed E-state index contributed by atoms with van der Waals surface area (Å²) in [6, 6.07) is 15.1. The van der Waals surface area contributed by atoms with Crippen LogP contribution < -0.4 is 4.90 Å². The van der Waals surface area contributed by atoms with Crippen LogP contribution in [0.1, 0.15) is 16.7 Å². The Hall–Kier alpha value is -1.28. The van der Waals surface area contributed by atoms with Gasteiger partial charge in [0.25, 0.3) is 0 Å². The summed E-state index contributed by atoms with van der Waals surface area (Å²) < 4.78 is 1.13. The second kappa shape index (κ2) is 5.57. The fourth-order valence-electron chi connectivity index (χ4n) is 2.17. The van der Waals surface area contributed by atoms with Gasteiger partial charge in [-0.25, -0.2) is 0 Å². The summed E-state index contributed by atoms with van der Waals surface area (Å²) >= 11 is 3.51. The molecule has 2 aromatic carbocycles. The van der Waals surface area contributed by atoms with Gasteiger partial charge in [-0.05, 0) is 54.8 Å². The molecule has 18 heavy (non-hydrogen) atoms. The van der Waals surface area contributed by atoms with Crippen LogP contribution in [0.3, 0.4) is 0 Å². The summed E-state index contributed by atoms with van der Waals surface area (Å²) in [5.41, 5.74) is 5.20. The first-order valence-corrected chi connectivity index (χ1v) is 6.88. The molecule has 0 heterocycles. The van der Waals surface area contributed by atoms with Crippen molar-refractivity contribution in [2.75, 3.05) is 11.9 Å². The van der Waals surface area contributed by atoms with E-state index in [0.29, 0.717) is 0 Å². The Morgan fingerprint density at radius 2 is 1.67 bits per heavy atom. The van der Waals surface area contributed by atoms with Crippen molar-refractivity contribution in [3.63, 3.8) is 0 Å². The molecular formula is C16H18BrN. The Balaban J connectivity index is 2.19. The van der Waals surface area contributed by atoms with Crippen LogP contribution in [0.5, 0.6) is 0 Å². The first kappa shape index (κ1) is 13.2. The summed E-state index contributed by atoms with van der Waals surface area (Å²) in [7, 11) is 2.13. The van der Waals surface area contributed by atoms with E-state index in [-0.39, 0.29) is 0 Å². The lowest BCUT2D eigenvalue weighted by Gasteiger charge is -2.20. The smallest absolute Gasteiger partial charge is 0.0426 e. The highest BCUT2D eigenvalue weighted by Gasteiger charge is 2.04. The minimum atomic E-state index is 0.919. The van der Waals surface area contributed by atoms with Crippen LogP contribution in [0.25, 0.3) is 0 Å². The number of hydrogen-bond acceptors (Lipinski definition) is 1. The maximum Gasteiger partial charge on any atom is 0.0426 e. The van der Waals surface area contributed by atoms with Crippen LogP contribution in [0.2, 0.25) is 0 Å². The third-order valence-electron chi connectivity index (χ3n) is 2.96. The van der Waals surface area contributed by atoms with Crippen LogP contribution in [0.15, 0.2) is 46.9 Å². The van der Waals surface area contributed by atoms with Crippen molar-refractivity contribution in [2.45, 2.75) is 20.4 Å². The minimum absolute atomic E-state index is 0.919. The molecule has 0 aliphatic heterocycles. The third-order valence-corrected chi connectivity index (χ3v) is 3.45. The molecule has 94 valence electrons. The molecule has 0 N–H and O–H groups in total. The fraction of sp³-hybridized carbons (Fsp3) is 0.250. The van der Waals surface area contributed by atoms with Crippen molar-refractivity contribution in [3.8, 4) is 0 Å². The lowest BCUT2D eigenvalue weighted by atomic mass is 10.1. The summed E-state index contributed by atoms with van der Waals surface area (Å²) in [6.07, 6.45) is 0. The van der Waals surface area contributed by atoms with Crippen molar-refractivity contribution in [1.82, 2.24) is 0 Å². The predicted molar refractivity (Wildman–Crippen MR) is 82.2 cm³/mol. The second-order valence-corrected chi connectivity index (χ2v) is 5.75. The van der Waals surface area contributed by atoms with Gasteiger partial charge in [-0.3, -0.25) is 0 Å². The molecule has 2 aromatic rings. The Bertz CT molecular complexity index is 528. The highest BCUT2D eigenvalue weighted by Crippen LogP contribution is 2.20. The van der Waals surface area contributed by atoms with E-state index in [2.05, 4.69) is 84.2 Å². The van der Waals surface area contributed by atoms with Crippen LogP contribution in [0, 0.1) is 13.8 Å². The van der Waals surface area contributed by atoms with E-state index in [4.69, 9.17) is 0 Å². The lowest BCUT2D eigenvalue weighted by molar-refractivity contribution is 0.920. The van der Waals surface area contributed by atoms with E-state index in [9.17, 15) is 0 Å². The molecule has 0 spiro atoms. The molecule has 0 radical (unpaired) electrons. The van der Waals surface area contributed by atoms with Gasteiger partial charge < -0.3 is 4.90 Å². The van der Waals surface area contributed by atoms with Crippen molar-refractivity contribution in [1.29, 1.82) is 0 Å². The summed E-state index contributed by atoms with van der Waals surface area (Å²) in [4.78, 5) is 2.28. The molecule has 0 atom stereocenters. The highest BCUT2D eigenvalue weighted by atomic mass is 79.9. The van der Waals surface area contributed by atoms with Gasteiger partial charge in [0.15, 0.2) is 0 Å². The molecule has 0 unspecified atom stereocenters. The molecule has 0 aliphatic carbocycles. The zero-order valence-electron chi connectivity index (χ0n) is 11.1. The minimum Gasteiger partial charge on any atom is -0.370 e. The van der Waals surface area contributed by atoms with E-state index >= 15 is 0 Å². The van der Waals surface area contributed by atoms with E-state index in [0.717, 1.165) is 11.0 Å². The number of aryl methyl sites for hydroxylation is 2. The van der Waals surface area contributed by atoms with Crippen molar-refractivity contribution in [2.24, 2.45) is 0 Å². The van der Waals surface area contributed by atoms with E-state index in [1.54, 1.807) is 0 Å². The van der Waals surface area contributed by atoms with Gasteiger partial charge in [-0.15, -0.1) is 0 Å². The van der Waals surface area contributed by atoms with E-state index in [1.807, 2.05) is 0 Å². The molecule has 2 heteroatoms. The number of anilines is 1. The molecular weight excluding hydrogens is 286 g/mol. The van der Waals surface area contributed by atoms with E-state index < -0.39 is 0 Å². The van der Waals surface area contributed by atoms with Gasteiger partial charge in [0, 0.05) is 23.8 Å². The van der Waals surface area contributed by atoms with Crippen LogP contribution in [-0.2, 0) is 6.54 Å². The number of hydrogen-bond donors (Lipinski definition) is 0. The molecule has 0 aromatic heterocycles. The number of halogens is 1. The Kier molecular flexibility index (Phi) is 4.07. The summed E-state index contributed by atoms with van der Waals surface area (Å²) in [6.45, 7) is 5.20. The molecule has 0 aliphatic rings. The predicted octanol–water partition coefficient (Wildman–Crippen LogP) is 4.70. The topological polar surface area (TPSA) is 3.24 Å². The Morgan fingerprint density at radius 1 is 1.00 bits per heavy atom. The van der Waals surface area contributed by atoms with Gasteiger partial charge in [0.2, 0.25) is 0 Å². The molecule has 0 amide bonds. The second-order valence-electron chi connectivity index (χ2n) is 4.83. The SMILES string of the molecule is Cc1cc(C)cc(N(C)Cc2cccc(Br)c2)c1. The van der Waals surface area contributed by atoms with Gasteiger partial charge in [0.05, 0.1) is 0 Å². The van der Waals surface area contributed by atoms with Gasteiger partial charge in [-0.2, -0.15) is 0 Å². The normalized spacial score (nSPS) is 10.4. The maximum atomic E-state index is 3.51.